The summed E-state index contributed by atoms with van der Waals surface area (Å²) in [5.41, 5.74) is 2.72. The van der Waals surface area contributed by atoms with Crippen LogP contribution < -0.4 is 4.74 Å². The minimum atomic E-state index is -0.181. The quantitative estimate of drug-likeness (QED) is 0.356. The first kappa shape index (κ1) is 20.4. The van der Waals surface area contributed by atoms with E-state index >= 15 is 0 Å². The highest BCUT2D eigenvalue weighted by atomic mass is 16.6. The van der Waals surface area contributed by atoms with Gasteiger partial charge in [-0.3, -0.25) is 4.79 Å². The van der Waals surface area contributed by atoms with Gasteiger partial charge in [0.25, 0.3) is 0 Å². The lowest BCUT2D eigenvalue weighted by atomic mass is 9.97. The molecule has 3 unspecified atom stereocenters. The summed E-state index contributed by atoms with van der Waals surface area (Å²) in [6.45, 7) is 8.19. The number of nitriles is 1. The van der Waals surface area contributed by atoms with E-state index in [0.29, 0.717) is 18.1 Å². The van der Waals surface area contributed by atoms with Crippen LogP contribution in [0.15, 0.2) is 73.8 Å². The Balaban J connectivity index is 1.46. The second-order valence-corrected chi connectivity index (χ2v) is 7.20. The van der Waals surface area contributed by atoms with Crippen molar-refractivity contribution in [2.75, 3.05) is 13.2 Å². The number of rotatable bonds is 8. The van der Waals surface area contributed by atoms with Crippen molar-refractivity contribution in [1.29, 1.82) is 5.26 Å². The highest BCUT2D eigenvalue weighted by Crippen LogP contribution is 2.38. The Morgan fingerprint density at radius 3 is 2.24 bits per heavy atom. The normalized spacial score (nSPS) is 20.4. The van der Waals surface area contributed by atoms with Crippen molar-refractivity contribution in [3.8, 4) is 22.9 Å². The Morgan fingerprint density at radius 1 is 1.00 bits per heavy atom. The predicted molar refractivity (Wildman–Crippen MR) is 113 cm³/mol. The van der Waals surface area contributed by atoms with E-state index in [-0.39, 0.29) is 24.4 Å². The lowest BCUT2D eigenvalue weighted by Gasteiger charge is -2.15. The topological polar surface area (TPSA) is 59.3 Å². The summed E-state index contributed by atoms with van der Waals surface area (Å²) in [7, 11) is 0. The summed E-state index contributed by atoms with van der Waals surface area (Å²) in [4.78, 5) is 12.4. The summed E-state index contributed by atoms with van der Waals surface area (Å²) < 4.78 is 11.1. The van der Waals surface area contributed by atoms with Crippen LogP contribution >= 0.6 is 0 Å². The number of allylic oxidation sites excluding steroid dienone is 2. The number of hydrogen-bond donors (Lipinski definition) is 0. The molecule has 0 heterocycles. The molecule has 4 nitrogen and oxygen atoms in total. The van der Waals surface area contributed by atoms with Gasteiger partial charge in [-0.2, -0.15) is 5.26 Å². The molecule has 1 aliphatic carbocycles. The molecule has 0 aliphatic heterocycles. The largest absolute Gasteiger partial charge is 0.490 e. The number of ether oxygens (including phenoxy) is 2. The monoisotopic (exact) mass is 387 g/mol. The lowest BCUT2D eigenvalue weighted by molar-refractivity contribution is -0.150. The summed E-state index contributed by atoms with van der Waals surface area (Å²) in [6, 6.07) is 17.2. The van der Waals surface area contributed by atoms with Crippen LogP contribution in [0.3, 0.4) is 0 Å². The maximum atomic E-state index is 12.4. The van der Waals surface area contributed by atoms with Crippen molar-refractivity contribution in [3.63, 3.8) is 0 Å². The van der Waals surface area contributed by atoms with E-state index in [0.717, 1.165) is 29.7 Å². The van der Waals surface area contributed by atoms with Crippen molar-refractivity contribution in [1.82, 2.24) is 0 Å². The van der Waals surface area contributed by atoms with Gasteiger partial charge in [-0.05, 0) is 60.1 Å². The third-order valence-electron chi connectivity index (χ3n) is 5.39. The van der Waals surface area contributed by atoms with Crippen LogP contribution in [0.2, 0.25) is 0 Å². The molecule has 29 heavy (non-hydrogen) atoms. The van der Waals surface area contributed by atoms with Gasteiger partial charge in [0.2, 0.25) is 0 Å². The number of carbonyl (C=O) groups is 1. The van der Waals surface area contributed by atoms with Gasteiger partial charge in [-0.15, -0.1) is 13.2 Å². The Hall–Kier alpha value is -3.32. The molecule has 148 valence electrons. The average Bonchev–Trinajstić information content (AvgIpc) is 3.21. The molecular formula is C25H25NO3. The first-order valence-electron chi connectivity index (χ1n) is 9.79. The van der Waals surface area contributed by atoms with Gasteiger partial charge in [0, 0.05) is 0 Å². The summed E-state index contributed by atoms with van der Waals surface area (Å²) in [5.74, 6) is 0.902. The van der Waals surface area contributed by atoms with Gasteiger partial charge in [-0.25, -0.2) is 0 Å². The molecule has 1 fully saturated rings. The molecular weight excluding hydrogens is 362 g/mol. The molecule has 2 aromatic carbocycles. The highest BCUT2D eigenvalue weighted by Gasteiger charge is 2.36. The second kappa shape index (κ2) is 9.75. The van der Waals surface area contributed by atoms with Crippen LogP contribution in [0.25, 0.3) is 11.1 Å². The molecule has 1 aliphatic rings. The summed E-state index contributed by atoms with van der Waals surface area (Å²) in [6.07, 6.45) is 5.45. The molecule has 3 rings (SSSR count). The fourth-order valence-electron chi connectivity index (χ4n) is 3.72. The molecule has 0 amide bonds. The molecule has 0 bridgehead atoms. The maximum absolute atomic E-state index is 12.4. The maximum Gasteiger partial charge on any atom is 0.309 e. The minimum absolute atomic E-state index is 0.137. The lowest BCUT2D eigenvalue weighted by Crippen LogP contribution is -2.22. The fourth-order valence-corrected chi connectivity index (χ4v) is 3.72. The number of hydrogen-bond acceptors (Lipinski definition) is 4. The highest BCUT2D eigenvalue weighted by molar-refractivity contribution is 5.73. The number of nitrogens with zero attached hydrogens (tertiary/aromatic N) is 1. The average molecular weight is 387 g/mol. The Morgan fingerprint density at radius 2 is 1.66 bits per heavy atom. The van der Waals surface area contributed by atoms with Gasteiger partial charge in [0.15, 0.2) is 0 Å². The minimum Gasteiger partial charge on any atom is -0.490 e. The van der Waals surface area contributed by atoms with E-state index in [2.05, 4.69) is 19.2 Å². The van der Waals surface area contributed by atoms with Crippen molar-refractivity contribution >= 4 is 5.97 Å². The van der Waals surface area contributed by atoms with E-state index in [9.17, 15) is 4.79 Å². The van der Waals surface area contributed by atoms with E-state index in [1.807, 2.05) is 48.6 Å². The molecule has 3 atom stereocenters. The van der Waals surface area contributed by atoms with E-state index < -0.39 is 0 Å². The van der Waals surface area contributed by atoms with Crippen LogP contribution in [0.5, 0.6) is 5.75 Å². The van der Waals surface area contributed by atoms with Crippen LogP contribution in [0, 0.1) is 29.1 Å². The number of esters is 1. The molecule has 0 N–H and O–H groups in total. The van der Waals surface area contributed by atoms with Gasteiger partial charge < -0.3 is 9.47 Å². The molecule has 4 heteroatoms. The number of carbonyl (C=O) groups excluding carboxylic acids is 1. The van der Waals surface area contributed by atoms with Gasteiger partial charge in [0.1, 0.15) is 19.0 Å². The summed E-state index contributed by atoms with van der Waals surface area (Å²) >= 11 is 0. The summed E-state index contributed by atoms with van der Waals surface area (Å²) in [5, 5.41) is 8.88. The molecule has 2 aromatic rings. The smallest absolute Gasteiger partial charge is 0.309 e. The van der Waals surface area contributed by atoms with Crippen molar-refractivity contribution in [2.24, 2.45) is 17.8 Å². The van der Waals surface area contributed by atoms with E-state index in [1.54, 1.807) is 12.1 Å². The standard InChI is InChI=1S/C25H25NO3/c1-3-18-15-20(4-2)24(16-18)25(27)29-14-13-28-23-11-9-22(10-12-23)21-7-5-19(17-26)6-8-21/h3-12,18,20,24H,1-2,13-16H2. The van der Waals surface area contributed by atoms with Crippen molar-refractivity contribution in [3.05, 3.63) is 79.4 Å². The molecule has 0 spiro atoms. The SMILES string of the molecule is C=CC1CC(C=C)C(C(=O)OCCOc2ccc(-c3ccc(C#N)cc3)cc2)C1. The fraction of sp³-hybridized carbons (Fsp3) is 0.280. The zero-order valence-corrected chi connectivity index (χ0v) is 16.4. The van der Waals surface area contributed by atoms with Crippen LogP contribution in [-0.4, -0.2) is 19.2 Å². The number of benzene rings is 2. The second-order valence-electron chi connectivity index (χ2n) is 7.20. The van der Waals surface area contributed by atoms with E-state index in [4.69, 9.17) is 14.7 Å². The first-order valence-corrected chi connectivity index (χ1v) is 9.79. The zero-order chi connectivity index (χ0) is 20.6. The third-order valence-corrected chi connectivity index (χ3v) is 5.39. The Labute approximate surface area is 172 Å². The molecule has 0 saturated heterocycles. The first-order chi connectivity index (χ1) is 14.1. The van der Waals surface area contributed by atoms with Crippen LogP contribution in [0.4, 0.5) is 0 Å². The van der Waals surface area contributed by atoms with Gasteiger partial charge >= 0.3 is 5.97 Å². The molecule has 0 radical (unpaired) electrons. The van der Waals surface area contributed by atoms with Crippen molar-refractivity contribution < 1.29 is 14.3 Å². The van der Waals surface area contributed by atoms with E-state index in [1.165, 1.54) is 0 Å². The molecule has 0 aromatic heterocycles. The van der Waals surface area contributed by atoms with Crippen LogP contribution in [0.1, 0.15) is 18.4 Å². The Kier molecular flexibility index (Phi) is 6.86. The van der Waals surface area contributed by atoms with Crippen molar-refractivity contribution in [2.45, 2.75) is 12.8 Å². The zero-order valence-electron chi connectivity index (χ0n) is 16.4. The predicted octanol–water partition coefficient (Wildman–Crippen LogP) is 5.16. The Bertz CT molecular complexity index is 893. The third kappa shape index (κ3) is 5.14. The van der Waals surface area contributed by atoms with Gasteiger partial charge in [0.05, 0.1) is 17.6 Å². The van der Waals surface area contributed by atoms with Gasteiger partial charge in [-0.1, -0.05) is 36.4 Å². The van der Waals surface area contributed by atoms with Crippen LogP contribution in [-0.2, 0) is 9.53 Å². The molecule has 1 saturated carbocycles.